The van der Waals surface area contributed by atoms with Gasteiger partial charge in [0.05, 0.1) is 11.8 Å². The molecule has 1 aromatic carbocycles. The van der Waals surface area contributed by atoms with E-state index >= 15 is 0 Å². The number of furan rings is 1. The number of amides is 3. The van der Waals surface area contributed by atoms with E-state index in [2.05, 4.69) is 16.7 Å². The van der Waals surface area contributed by atoms with E-state index < -0.39 is 0 Å². The maximum atomic E-state index is 12.3. The number of likely N-dealkylation sites (tertiary alicyclic amines) is 1. The van der Waals surface area contributed by atoms with Crippen molar-refractivity contribution in [2.45, 2.75) is 26.7 Å². The molecule has 3 rings (SSSR count). The molecule has 0 unspecified atom stereocenters. The summed E-state index contributed by atoms with van der Waals surface area (Å²) in [6.45, 7) is 6.04. The SMILES string of the molecule is Cc1cc(C)cc(NC(=O)NCC2CCN(C(=O)c3ccoc3)CC2)c1. The zero-order valence-corrected chi connectivity index (χ0v) is 15.2. The minimum absolute atomic E-state index is 0.0118. The zero-order chi connectivity index (χ0) is 18.5. The van der Waals surface area contributed by atoms with Crippen LogP contribution in [-0.4, -0.2) is 36.5 Å². The number of aryl methyl sites for hydroxylation is 2. The summed E-state index contributed by atoms with van der Waals surface area (Å²) < 4.78 is 4.97. The van der Waals surface area contributed by atoms with Crippen molar-refractivity contribution in [3.8, 4) is 0 Å². The van der Waals surface area contributed by atoms with Crippen molar-refractivity contribution in [2.24, 2.45) is 5.92 Å². The van der Waals surface area contributed by atoms with Crippen LogP contribution in [0, 0.1) is 19.8 Å². The molecule has 6 nitrogen and oxygen atoms in total. The van der Waals surface area contributed by atoms with Gasteiger partial charge in [-0.1, -0.05) is 6.07 Å². The van der Waals surface area contributed by atoms with Gasteiger partial charge in [0.2, 0.25) is 0 Å². The maximum absolute atomic E-state index is 12.3. The number of rotatable bonds is 4. The van der Waals surface area contributed by atoms with Crippen LogP contribution in [0.5, 0.6) is 0 Å². The normalized spacial score (nSPS) is 14.9. The first-order valence-electron chi connectivity index (χ1n) is 8.96. The van der Waals surface area contributed by atoms with Gasteiger partial charge in [-0.05, 0) is 61.9 Å². The van der Waals surface area contributed by atoms with E-state index in [9.17, 15) is 9.59 Å². The molecule has 1 aromatic heterocycles. The first kappa shape index (κ1) is 18.0. The Hall–Kier alpha value is -2.76. The van der Waals surface area contributed by atoms with Crippen LogP contribution in [0.4, 0.5) is 10.5 Å². The molecule has 1 aliphatic rings. The number of piperidine rings is 1. The first-order valence-corrected chi connectivity index (χ1v) is 8.96. The molecule has 0 bridgehead atoms. The molecule has 6 heteroatoms. The van der Waals surface area contributed by atoms with Crippen LogP contribution in [0.1, 0.15) is 34.3 Å². The van der Waals surface area contributed by atoms with E-state index in [1.165, 1.54) is 12.5 Å². The molecule has 0 radical (unpaired) electrons. The van der Waals surface area contributed by atoms with Gasteiger partial charge in [-0.3, -0.25) is 4.79 Å². The molecular formula is C20H25N3O3. The predicted molar refractivity (Wildman–Crippen MR) is 100 cm³/mol. The van der Waals surface area contributed by atoms with Crippen LogP contribution in [0.3, 0.4) is 0 Å². The number of carbonyl (C=O) groups excluding carboxylic acids is 2. The molecule has 0 saturated carbocycles. The molecule has 2 N–H and O–H groups in total. The van der Waals surface area contributed by atoms with Crippen LogP contribution in [0.25, 0.3) is 0 Å². The Labute approximate surface area is 153 Å². The summed E-state index contributed by atoms with van der Waals surface area (Å²) in [5.74, 6) is 0.395. The molecule has 26 heavy (non-hydrogen) atoms. The lowest BCUT2D eigenvalue weighted by Gasteiger charge is -2.31. The number of carbonyl (C=O) groups is 2. The highest BCUT2D eigenvalue weighted by molar-refractivity contribution is 5.93. The topological polar surface area (TPSA) is 74.6 Å². The van der Waals surface area contributed by atoms with Gasteiger partial charge in [0, 0.05) is 25.3 Å². The van der Waals surface area contributed by atoms with Gasteiger partial charge in [0.25, 0.3) is 5.91 Å². The fraction of sp³-hybridized carbons (Fsp3) is 0.400. The standard InChI is InChI=1S/C20H25N3O3/c1-14-9-15(2)11-18(10-14)22-20(25)21-12-16-3-6-23(7-4-16)19(24)17-5-8-26-13-17/h5,8-11,13,16H,3-4,6-7,12H2,1-2H3,(H2,21,22,25). The molecule has 3 amide bonds. The molecule has 2 aromatic rings. The van der Waals surface area contributed by atoms with E-state index in [-0.39, 0.29) is 11.9 Å². The quantitative estimate of drug-likeness (QED) is 0.880. The minimum Gasteiger partial charge on any atom is -0.472 e. The molecular weight excluding hydrogens is 330 g/mol. The summed E-state index contributed by atoms with van der Waals surface area (Å²) in [6.07, 6.45) is 4.76. The minimum atomic E-state index is -0.188. The van der Waals surface area contributed by atoms with Crippen molar-refractivity contribution < 1.29 is 14.0 Å². The summed E-state index contributed by atoms with van der Waals surface area (Å²) in [4.78, 5) is 26.2. The number of nitrogens with zero attached hydrogens (tertiary/aromatic N) is 1. The first-order chi connectivity index (χ1) is 12.5. The Morgan fingerprint density at radius 1 is 1.15 bits per heavy atom. The number of nitrogens with one attached hydrogen (secondary N) is 2. The smallest absolute Gasteiger partial charge is 0.319 e. The summed E-state index contributed by atoms with van der Waals surface area (Å²) in [7, 11) is 0. The highest BCUT2D eigenvalue weighted by Gasteiger charge is 2.24. The molecule has 0 aliphatic carbocycles. The molecule has 0 spiro atoms. The number of urea groups is 1. The molecule has 1 aliphatic heterocycles. The van der Waals surface area contributed by atoms with Crippen molar-refractivity contribution >= 4 is 17.6 Å². The van der Waals surface area contributed by atoms with Crippen LogP contribution >= 0.6 is 0 Å². The summed E-state index contributed by atoms with van der Waals surface area (Å²) in [6, 6.07) is 7.47. The lowest BCUT2D eigenvalue weighted by atomic mass is 9.96. The van der Waals surface area contributed by atoms with Gasteiger partial charge in [-0.25, -0.2) is 4.79 Å². The van der Waals surface area contributed by atoms with E-state index in [0.29, 0.717) is 31.1 Å². The van der Waals surface area contributed by atoms with Crippen LogP contribution in [0.2, 0.25) is 0 Å². The van der Waals surface area contributed by atoms with E-state index in [0.717, 1.165) is 29.7 Å². The average molecular weight is 355 g/mol. The van der Waals surface area contributed by atoms with Gasteiger partial charge in [0.15, 0.2) is 0 Å². The summed E-state index contributed by atoms with van der Waals surface area (Å²) in [5.41, 5.74) is 3.64. The highest BCUT2D eigenvalue weighted by atomic mass is 16.3. The van der Waals surface area contributed by atoms with Gasteiger partial charge in [0.1, 0.15) is 6.26 Å². The Morgan fingerprint density at radius 3 is 2.46 bits per heavy atom. The molecule has 1 saturated heterocycles. The molecule has 1 fully saturated rings. The molecule has 2 heterocycles. The number of benzene rings is 1. The lowest BCUT2D eigenvalue weighted by Crippen LogP contribution is -2.42. The number of hydrogen-bond acceptors (Lipinski definition) is 3. The second-order valence-electron chi connectivity index (χ2n) is 6.96. The van der Waals surface area contributed by atoms with Gasteiger partial charge in [-0.2, -0.15) is 0 Å². The third-order valence-corrected chi connectivity index (χ3v) is 4.70. The Bertz CT molecular complexity index is 742. The van der Waals surface area contributed by atoms with Crippen molar-refractivity contribution in [1.29, 1.82) is 0 Å². The third kappa shape index (κ3) is 4.65. The highest BCUT2D eigenvalue weighted by Crippen LogP contribution is 2.19. The van der Waals surface area contributed by atoms with Crippen molar-refractivity contribution in [3.63, 3.8) is 0 Å². The van der Waals surface area contributed by atoms with Crippen LogP contribution in [0.15, 0.2) is 41.2 Å². The zero-order valence-electron chi connectivity index (χ0n) is 15.2. The fourth-order valence-corrected chi connectivity index (χ4v) is 3.37. The maximum Gasteiger partial charge on any atom is 0.319 e. The van der Waals surface area contributed by atoms with Crippen LogP contribution < -0.4 is 10.6 Å². The van der Waals surface area contributed by atoms with Crippen molar-refractivity contribution in [3.05, 3.63) is 53.5 Å². The lowest BCUT2D eigenvalue weighted by molar-refractivity contribution is 0.0690. The van der Waals surface area contributed by atoms with E-state index in [1.54, 1.807) is 6.07 Å². The molecule has 0 atom stereocenters. The van der Waals surface area contributed by atoms with Crippen molar-refractivity contribution in [2.75, 3.05) is 25.0 Å². The second kappa shape index (κ2) is 8.08. The Morgan fingerprint density at radius 2 is 1.85 bits per heavy atom. The summed E-state index contributed by atoms with van der Waals surface area (Å²) in [5, 5.41) is 5.83. The van der Waals surface area contributed by atoms with E-state index in [4.69, 9.17) is 4.42 Å². The predicted octanol–water partition coefficient (Wildman–Crippen LogP) is 3.57. The van der Waals surface area contributed by atoms with E-state index in [1.807, 2.05) is 30.9 Å². The molecule has 138 valence electrons. The fourth-order valence-electron chi connectivity index (χ4n) is 3.37. The van der Waals surface area contributed by atoms with Crippen LogP contribution in [-0.2, 0) is 0 Å². The largest absolute Gasteiger partial charge is 0.472 e. The number of anilines is 1. The van der Waals surface area contributed by atoms with Crippen molar-refractivity contribution in [1.82, 2.24) is 10.2 Å². The van der Waals surface area contributed by atoms with Gasteiger partial charge >= 0.3 is 6.03 Å². The monoisotopic (exact) mass is 355 g/mol. The Kier molecular flexibility index (Phi) is 5.61. The third-order valence-electron chi connectivity index (χ3n) is 4.70. The Balaban J connectivity index is 1.42. The van der Waals surface area contributed by atoms with Gasteiger partial charge < -0.3 is 20.0 Å². The average Bonchev–Trinajstić information content (AvgIpc) is 3.13. The second-order valence-corrected chi connectivity index (χ2v) is 6.96. The summed E-state index contributed by atoms with van der Waals surface area (Å²) >= 11 is 0. The number of hydrogen-bond donors (Lipinski definition) is 2. The van der Waals surface area contributed by atoms with Gasteiger partial charge in [-0.15, -0.1) is 0 Å².